The standard InChI is InChI=1S/C6H10F3NO5S/c1-15-4(2-5(11)12)3-10-16(13,14)6(7,8)9/h4,10H,2-3H2,1H3,(H,11,12). The third-order valence-corrected chi connectivity index (χ3v) is 2.70. The van der Waals surface area contributed by atoms with E-state index >= 15 is 0 Å². The van der Waals surface area contributed by atoms with Gasteiger partial charge in [0.15, 0.2) is 0 Å². The van der Waals surface area contributed by atoms with E-state index in [2.05, 4.69) is 4.74 Å². The van der Waals surface area contributed by atoms with Crippen molar-refractivity contribution >= 4 is 16.0 Å². The summed E-state index contributed by atoms with van der Waals surface area (Å²) in [6, 6.07) is 0. The Labute approximate surface area is 89.4 Å². The van der Waals surface area contributed by atoms with Gasteiger partial charge in [-0.1, -0.05) is 0 Å². The van der Waals surface area contributed by atoms with Crippen LogP contribution in [0.5, 0.6) is 0 Å². The minimum absolute atomic E-state index is 0.600. The molecule has 2 N–H and O–H groups in total. The highest BCUT2D eigenvalue weighted by atomic mass is 32.2. The van der Waals surface area contributed by atoms with Gasteiger partial charge < -0.3 is 9.84 Å². The molecule has 0 bridgehead atoms. The molecule has 0 saturated carbocycles. The van der Waals surface area contributed by atoms with E-state index in [9.17, 15) is 26.4 Å². The van der Waals surface area contributed by atoms with Crippen LogP contribution < -0.4 is 4.72 Å². The van der Waals surface area contributed by atoms with Gasteiger partial charge >= 0.3 is 21.5 Å². The number of carboxylic acids is 1. The van der Waals surface area contributed by atoms with Gasteiger partial charge in [0.1, 0.15) is 0 Å². The van der Waals surface area contributed by atoms with Crippen molar-refractivity contribution in [2.75, 3.05) is 13.7 Å². The van der Waals surface area contributed by atoms with Crippen LogP contribution in [0, 0.1) is 0 Å². The molecule has 16 heavy (non-hydrogen) atoms. The first-order valence-electron chi connectivity index (χ1n) is 3.90. The molecule has 0 saturated heterocycles. The van der Waals surface area contributed by atoms with Gasteiger partial charge in [0.05, 0.1) is 12.5 Å². The van der Waals surface area contributed by atoms with Gasteiger partial charge in [0.25, 0.3) is 0 Å². The number of sulfonamides is 1. The summed E-state index contributed by atoms with van der Waals surface area (Å²) >= 11 is 0. The number of alkyl halides is 3. The molecule has 6 nitrogen and oxygen atoms in total. The highest BCUT2D eigenvalue weighted by molar-refractivity contribution is 7.90. The highest BCUT2D eigenvalue weighted by Crippen LogP contribution is 2.21. The zero-order valence-electron chi connectivity index (χ0n) is 8.11. The molecule has 0 aliphatic rings. The number of ether oxygens (including phenoxy) is 1. The fraction of sp³-hybridized carbons (Fsp3) is 0.833. The minimum atomic E-state index is -5.46. The topological polar surface area (TPSA) is 92.7 Å². The molecular formula is C6H10F3NO5S. The Hall–Kier alpha value is -0.870. The fourth-order valence-corrected chi connectivity index (χ4v) is 1.29. The lowest BCUT2D eigenvalue weighted by atomic mass is 10.2. The second kappa shape index (κ2) is 5.46. The zero-order chi connectivity index (χ0) is 13.0. The maximum Gasteiger partial charge on any atom is 0.511 e. The van der Waals surface area contributed by atoms with E-state index in [1.54, 1.807) is 0 Å². The van der Waals surface area contributed by atoms with Crippen molar-refractivity contribution in [3.8, 4) is 0 Å². The largest absolute Gasteiger partial charge is 0.511 e. The number of hydrogen-bond donors (Lipinski definition) is 2. The maximum absolute atomic E-state index is 11.8. The van der Waals surface area contributed by atoms with Gasteiger partial charge in [-0.15, -0.1) is 0 Å². The van der Waals surface area contributed by atoms with Crippen LogP contribution in [0.1, 0.15) is 6.42 Å². The lowest BCUT2D eigenvalue weighted by Crippen LogP contribution is -2.41. The lowest BCUT2D eigenvalue weighted by Gasteiger charge is -2.15. The molecule has 0 aliphatic carbocycles. The molecule has 0 spiro atoms. The van der Waals surface area contributed by atoms with Crippen molar-refractivity contribution < 1.29 is 36.2 Å². The van der Waals surface area contributed by atoms with Crippen LogP contribution in [0.4, 0.5) is 13.2 Å². The molecule has 0 heterocycles. The average Bonchev–Trinajstić information content (AvgIpc) is 2.09. The van der Waals surface area contributed by atoms with Gasteiger partial charge in [-0.25, -0.2) is 13.1 Å². The Morgan fingerprint density at radius 1 is 1.50 bits per heavy atom. The van der Waals surface area contributed by atoms with E-state index in [0.717, 1.165) is 7.11 Å². The van der Waals surface area contributed by atoms with Crippen LogP contribution in [0.25, 0.3) is 0 Å². The summed E-state index contributed by atoms with van der Waals surface area (Å²) in [7, 11) is -4.40. The first kappa shape index (κ1) is 15.1. The number of methoxy groups -OCH3 is 1. The quantitative estimate of drug-likeness (QED) is 0.700. The van der Waals surface area contributed by atoms with Crippen molar-refractivity contribution in [3.05, 3.63) is 0 Å². The first-order chi connectivity index (χ1) is 7.10. The van der Waals surface area contributed by atoms with E-state index in [-0.39, 0.29) is 0 Å². The van der Waals surface area contributed by atoms with E-state index in [1.807, 2.05) is 0 Å². The molecule has 0 amide bonds. The Balaban J connectivity index is 4.38. The fourth-order valence-electron chi connectivity index (χ4n) is 0.718. The highest BCUT2D eigenvalue weighted by Gasteiger charge is 2.45. The summed E-state index contributed by atoms with van der Waals surface area (Å²) in [5.41, 5.74) is -5.42. The van der Waals surface area contributed by atoms with Crippen LogP contribution in [0.15, 0.2) is 0 Å². The lowest BCUT2D eigenvalue weighted by molar-refractivity contribution is -0.139. The predicted molar refractivity (Wildman–Crippen MR) is 46.0 cm³/mol. The van der Waals surface area contributed by atoms with Crippen LogP contribution >= 0.6 is 0 Å². The average molecular weight is 265 g/mol. The van der Waals surface area contributed by atoms with Gasteiger partial charge in [0.2, 0.25) is 0 Å². The van der Waals surface area contributed by atoms with Crippen LogP contribution in [0.2, 0.25) is 0 Å². The Morgan fingerprint density at radius 3 is 2.31 bits per heavy atom. The molecule has 1 unspecified atom stereocenters. The van der Waals surface area contributed by atoms with E-state index in [0.29, 0.717) is 0 Å². The molecule has 0 aromatic rings. The second-order valence-corrected chi connectivity index (χ2v) is 4.51. The number of rotatable bonds is 6. The molecule has 0 fully saturated rings. The molecule has 0 aromatic heterocycles. The van der Waals surface area contributed by atoms with Crippen LogP contribution in [0.3, 0.4) is 0 Å². The molecule has 1 atom stereocenters. The second-order valence-electron chi connectivity index (χ2n) is 2.75. The number of carboxylic acid groups (broad SMARTS) is 1. The van der Waals surface area contributed by atoms with Gasteiger partial charge in [-0.2, -0.15) is 13.2 Å². The summed E-state index contributed by atoms with van der Waals surface area (Å²) in [4.78, 5) is 10.2. The number of hydrogen-bond acceptors (Lipinski definition) is 4. The zero-order valence-corrected chi connectivity index (χ0v) is 8.93. The third-order valence-electron chi connectivity index (χ3n) is 1.54. The summed E-state index contributed by atoms with van der Waals surface area (Å²) < 4.78 is 62.3. The molecule has 0 rings (SSSR count). The van der Waals surface area contributed by atoms with Gasteiger partial charge in [-0.05, 0) is 0 Å². The number of halogens is 3. The number of nitrogens with one attached hydrogen (secondary N) is 1. The van der Waals surface area contributed by atoms with Gasteiger partial charge in [-0.3, -0.25) is 4.79 Å². The van der Waals surface area contributed by atoms with Crippen LogP contribution in [-0.4, -0.2) is 44.8 Å². The molecule has 0 aliphatic heterocycles. The number of aliphatic carboxylic acids is 1. The van der Waals surface area contributed by atoms with Crippen molar-refractivity contribution in [1.29, 1.82) is 0 Å². The van der Waals surface area contributed by atoms with E-state index in [4.69, 9.17) is 5.11 Å². The normalized spacial score (nSPS) is 14.8. The van der Waals surface area contributed by atoms with Crippen LogP contribution in [-0.2, 0) is 19.6 Å². The molecule has 10 heteroatoms. The van der Waals surface area contributed by atoms with Crippen molar-refractivity contribution in [1.82, 2.24) is 4.72 Å². The Kier molecular flexibility index (Phi) is 5.16. The molecule has 0 aromatic carbocycles. The first-order valence-corrected chi connectivity index (χ1v) is 5.39. The minimum Gasteiger partial charge on any atom is -0.481 e. The monoisotopic (exact) mass is 265 g/mol. The molecule has 96 valence electrons. The SMILES string of the molecule is COC(CNS(=O)(=O)C(F)(F)F)CC(=O)O. The smallest absolute Gasteiger partial charge is 0.481 e. The third kappa shape index (κ3) is 4.77. The van der Waals surface area contributed by atoms with Crippen molar-refractivity contribution in [3.63, 3.8) is 0 Å². The molecular weight excluding hydrogens is 255 g/mol. The van der Waals surface area contributed by atoms with E-state index < -0.39 is 40.6 Å². The number of carbonyl (C=O) groups is 1. The summed E-state index contributed by atoms with van der Waals surface area (Å²) in [5.74, 6) is -1.31. The van der Waals surface area contributed by atoms with Crippen molar-refractivity contribution in [2.24, 2.45) is 0 Å². The van der Waals surface area contributed by atoms with E-state index in [1.165, 1.54) is 4.72 Å². The van der Waals surface area contributed by atoms with Crippen molar-refractivity contribution in [2.45, 2.75) is 18.0 Å². The summed E-state index contributed by atoms with van der Waals surface area (Å²) in [6.45, 7) is -0.759. The van der Waals surface area contributed by atoms with Gasteiger partial charge in [0, 0.05) is 13.7 Å². The summed E-state index contributed by atoms with van der Waals surface area (Å²) in [6.07, 6.45) is -1.76. The Morgan fingerprint density at radius 2 is 2.00 bits per heavy atom. The summed E-state index contributed by atoms with van der Waals surface area (Å²) in [5, 5.41) is 8.32. The maximum atomic E-state index is 11.8. The molecule has 0 radical (unpaired) electrons. The predicted octanol–water partition coefficient (Wildman–Crippen LogP) is -0.0847. The Bertz CT molecular complexity index is 339.